The van der Waals surface area contributed by atoms with Gasteiger partial charge in [-0.25, -0.2) is 18.1 Å². The maximum Gasteiger partial charge on any atom is 0.242 e. The molecule has 22 heavy (non-hydrogen) atoms. The van der Waals surface area contributed by atoms with Crippen LogP contribution in [0.3, 0.4) is 0 Å². The lowest BCUT2D eigenvalue weighted by Crippen LogP contribution is -2.29. The summed E-state index contributed by atoms with van der Waals surface area (Å²) in [7, 11) is -3.63. The predicted octanol–water partition coefficient (Wildman–Crippen LogP) is 0.844. The van der Waals surface area contributed by atoms with E-state index in [-0.39, 0.29) is 22.4 Å². The molecule has 1 aromatic heterocycles. The van der Waals surface area contributed by atoms with Crippen LogP contribution >= 0.6 is 11.6 Å². The highest BCUT2D eigenvalue weighted by Gasteiger charge is 2.21. The molecular formula is C13H20ClN3O4S. The normalized spacial score (nSPS) is 18.5. The molecule has 1 saturated heterocycles. The number of rotatable bonds is 8. The number of anilines is 1. The number of ether oxygens (including phenoxy) is 1. The quantitative estimate of drug-likeness (QED) is 0.601. The molecule has 0 spiro atoms. The molecule has 0 aliphatic carbocycles. The van der Waals surface area contributed by atoms with Crippen molar-refractivity contribution in [3.63, 3.8) is 0 Å². The van der Waals surface area contributed by atoms with Gasteiger partial charge in [0.25, 0.3) is 0 Å². The molecule has 1 aromatic rings. The fourth-order valence-electron chi connectivity index (χ4n) is 2.04. The molecule has 124 valence electrons. The first kappa shape index (κ1) is 17.4. The van der Waals surface area contributed by atoms with Crippen LogP contribution in [0, 0.1) is 5.92 Å². The van der Waals surface area contributed by atoms with Crippen molar-refractivity contribution in [2.45, 2.75) is 17.7 Å². The number of pyridine rings is 1. The molecule has 0 saturated carbocycles. The second-order valence-electron chi connectivity index (χ2n) is 5.09. The Morgan fingerprint density at radius 3 is 2.95 bits per heavy atom. The number of nitrogens with zero attached hydrogens (tertiary/aromatic N) is 1. The third-order valence-electron chi connectivity index (χ3n) is 3.34. The number of nitrogens with one attached hydrogen (secondary N) is 2. The molecule has 3 N–H and O–H groups in total. The summed E-state index contributed by atoms with van der Waals surface area (Å²) in [6, 6.07) is 1.36. The summed E-state index contributed by atoms with van der Waals surface area (Å²) < 4.78 is 32.2. The first-order valence-electron chi connectivity index (χ1n) is 7.10. The topological polar surface area (TPSA) is 101 Å². The molecule has 9 heteroatoms. The van der Waals surface area contributed by atoms with E-state index in [9.17, 15) is 8.42 Å². The molecule has 1 atom stereocenters. The van der Waals surface area contributed by atoms with Crippen LogP contribution < -0.4 is 10.0 Å². The van der Waals surface area contributed by atoms with Gasteiger partial charge in [-0.3, -0.25) is 0 Å². The van der Waals surface area contributed by atoms with Crippen molar-refractivity contribution in [3.05, 3.63) is 17.3 Å². The number of hydrogen-bond donors (Lipinski definition) is 3. The Morgan fingerprint density at radius 1 is 1.50 bits per heavy atom. The zero-order valence-electron chi connectivity index (χ0n) is 12.1. The molecule has 0 aromatic carbocycles. The Bertz CT molecular complexity index is 591. The van der Waals surface area contributed by atoms with Crippen molar-refractivity contribution in [3.8, 4) is 0 Å². The van der Waals surface area contributed by atoms with E-state index in [0.29, 0.717) is 38.5 Å². The SMILES string of the molecule is O=S(=O)(NCC1CCOC1)c1cnc(NCCCO)c(Cl)c1. The zero-order valence-corrected chi connectivity index (χ0v) is 13.7. The molecular weight excluding hydrogens is 330 g/mol. The average molecular weight is 350 g/mol. The Hall–Kier alpha value is -0.930. The third kappa shape index (κ3) is 4.79. The molecule has 1 unspecified atom stereocenters. The Labute approximate surface area is 135 Å². The van der Waals surface area contributed by atoms with Crippen molar-refractivity contribution in [2.75, 3.05) is 38.2 Å². The van der Waals surface area contributed by atoms with Gasteiger partial charge in [0.1, 0.15) is 10.7 Å². The lowest BCUT2D eigenvalue weighted by atomic mass is 10.1. The van der Waals surface area contributed by atoms with Crippen molar-refractivity contribution in [1.29, 1.82) is 0 Å². The molecule has 1 fully saturated rings. The van der Waals surface area contributed by atoms with Gasteiger partial charge in [0.05, 0.1) is 11.6 Å². The Kier molecular flexibility index (Phi) is 6.39. The largest absolute Gasteiger partial charge is 0.396 e. The van der Waals surface area contributed by atoms with Crippen molar-refractivity contribution in [2.24, 2.45) is 5.92 Å². The molecule has 0 radical (unpaired) electrons. The molecule has 1 aliphatic rings. The van der Waals surface area contributed by atoms with Gasteiger partial charge >= 0.3 is 0 Å². The minimum atomic E-state index is -3.63. The van der Waals surface area contributed by atoms with Crippen molar-refractivity contribution >= 4 is 27.4 Å². The van der Waals surface area contributed by atoms with E-state index in [1.54, 1.807) is 0 Å². The van der Waals surface area contributed by atoms with Crippen LogP contribution in [0.5, 0.6) is 0 Å². The monoisotopic (exact) mass is 349 g/mol. The summed E-state index contributed by atoms with van der Waals surface area (Å²) in [5.74, 6) is 0.607. The van der Waals surface area contributed by atoms with E-state index < -0.39 is 10.0 Å². The highest BCUT2D eigenvalue weighted by molar-refractivity contribution is 7.89. The highest BCUT2D eigenvalue weighted by atomic mass is 35.5. The molecule has 0 bridgehead atoms. The highest BCUT2D eigenvalue weighted by Crippen LogP contribution is 2.22. The molecule has 1 aliphatic heterocycles. The van der Waals surface area contributed by atoms with Crippen LogP contribution in [0.4, 0.5) is 5.82 Å². The van der Waals surface area contributed by atoms with Crippen LogP contribution in [0.25, 0.3) is 0 Å². The summed E-state index contributed by atoms with van der Waals surface area (Å²) in [5.41, 5.74) is 0. The summed E-state index contributed by atoms with van der Waals surface area (Å²) in [5, 5.41) is 11.9. The van der Waals surface area contributed by atoms with E-state index in [1.165, 1.54) is 12.3 Å². The maximum atomic E-state index is 12.2. The smallest absolute Gasteiger partial charge is 0.242 e. The molecule has 2 heterocycles. The van der Waals surface area contributed by atoms with Gasteiger partial charge in [0, 0.05) is 32.5 Å². The predicted molar refractivity (Wildman–Crippen MR) is 83.6 cm³/mol. The number of aliphatic hydroxyl groups is 1. The fraction of sp³-hybridized carbons (Fsp3) is 0.615. The zero-order chi connectivity index (χ0) is 16.0. The fourth-order valence-corrected chi connectivity index (χ4v) is 3.42. The van der Waals surface area contributed by atoms with Gasteiger partial charge in [-0.05, 0) is 24.8 Å². The van der Waals surface area contributed by atoms with Crippen molar-refractivity contribution in [1.82, 2.24) is 9.71 Å². The summed E-state index contributed by atoms with van der Waals surface area (Å²) in [4.78, 5) is 4.06. The Balaban J connectivity index is 1.99. The van der Waals surface area contributed by atoms with Crippen molar-refractivity contribution < 1.29 is 18.3 Å². The number of hydrogen-bond acceptors (Lipinski definition) is 6. The van der Waals surface area contributed by atoms with Gasteiger partial charge < -0.3 is 15.2 Å². The first-order valence-corrected chi connectivity index (χ1v) is 8.96. The van der Waals surface area contributed by atoms with E-state index >= 15 is 0 Å². The summed E-state index contributed by atoms with van der Waals surface area (Å²) in [6.45, 7) is 2.17. The number of aliphatic hydroxyl groups excluding tert-OH is 1. The van der Waals surface area contributed by atoms with Crippen LogP contribution in [0.1, 0.15) is 12.8 Å². The second-order valence-corrected chi connectivity index (χ2v) is 7.26. The number of aromatic nitrogens is 1. The average Bonchev–Trinajstić information content (AvgIpc) is 3.00. The molecule has 2 rings (SSSR count). The molecule has 7 nitrogen and oxygen atoms in total. The van der Waals surface area contributed by atoms with Crippen LogP contribution in [-0.2, 0) is 14.8 Å². The minimum Gasteiger partial charge on any atom is -0.396 e. The van der Waals surface area contributed by atoms with Crippen LogP contribution in [0.2, 0.25) is 5.02 Å². The minimum absolute atomic E-state index is 0.0316. The standard InChI is InChI=1S/C13H20ClN3O4S/c14-12-6-11(8-16-13(12)15-3-1-4-18)22(19,20)17-7-10-2-5-21-9-10/h6,8,10,17-18H,1-5,7,9H2,(H,15,16). The van der Waals surface area contributed by atoms with Gasteiger partial charge in [0.15, 0.2) is 0 Å². The number of halogens is 1. The summed E-state index contributed by atoms with van der Waals surface area (Å²) >= 11 is 6.04. The van der Waals surface area contributed by atoms with Crippen LogP contribution in [-0.4, -0.2) is 51.4 Å². The maximum absolute atomic E-state index is 12.2. The lowest BCUT2D eigenvalue weighted by Gasteiger charge is -2.12. The molecule has 0 amide bonds. The van der Waals surface area contributed by atoms with Gasteiger partial charge in [-0.1, -0.05) is 11.6 Å². The first-order chi connectivity index (χ1) is 10.5. The van der Waals surface area contributed by atoms with E-state index in [4.69, 9.17) is 21.4 Å². The Morgan fingerprint density at radius 2 is 2.32 bits per heavy atom. The van der Waals surface area contributed by atoms with Gasteiger partial charge in [0.2, 0.25) is 10.0 Å². The van der Waals surface area contributed by atoms with E-state index in [2.05, 4.69) is 15.0 Å². The number of sulfonamides is 1. The lowest BCUT2D eigenvalue weighted by molar-refractivity contribution is 0.186. The van der Waals surface area contributed by atoms with E-state index in [1.807, 2.05) is 0 Å². The van der Waals surface area contributed by atoms with Gasteiger partial charge in [-0.2, -0.15) is 0 Å². The van der Waals surface area contributed by atoms with Crippen LogP contribution in [0.15, 0.2) is 17.2 Å². The third-order valence-corrected chi connectivity index (χ3v) is 5.02. The summed E-state index contributed by atoms with van der Waals surface area (Å²) in [6.07, 6.45) is 2.68. The second kappa shape index (κ2) is 8.07. The van der Waals surface area contributed by atoms with E-state index in [0.717, 1.165) is 6.42 Å². The van der Waals surface area contributed by atoms with Gasteiger partial charge in [-0.15, -0.1) is 0 Å².